The summed E-state index contributed by atoms with van der Waals surface area (Å²) in [6.07, 6.45) is 1.10. The summed E-state index contributed by atoms with van der Waals surface area (Å²) in [6, 6.07) is 4.76. The molecule has 0 saturated heterocycles. The number of methoxy groups -OCH3 is 2. The minimum atomic E-state index is 0.499. The molecule has 1 heterocycles. The molecule has 0 bridgehead atoms. The minimum Gasteiger partial charge on any atom is -0.493 e. The van der Waals surface area contributed by atoms with Crippen LogP contribution in [0.1, 0.15) is 24.1 Å². The van der Waals surface area contributed by atoms with Gasteiger partial charge in [-0.15, -0.1) is 0 Å². The zero-order chi connectivity index (χ0) is 12.6. The largest absolute Gasteiger partial charge is 0.493 e. The van der Waals surface area contributed by atoms with Crippen LogP contribution in [0, 0.1) is 0 Å². The lowest BCUT2D eigenvalue weighted by Crippen LogP contribution is -2.46. The molecular formula is C14H22NO2+. The highest BCUT2D eigenvalue weighted by Crippen LogP contribution is 2.39. The van der Waals surface area contributed by atoms with Crippen molar-refractivity contribution in [1.82, 2.24) is 0 Å². The van der Waals surface area contributed by atoms with Gasteiger partial charge in [-0.05, 0) is 24.6 Å². The van der Waals surface area contributed by atoms with Gasteiger partial charge in [0.05, 0.1) is 34.9 Å². The maximum absolute atomic E-state index is 5.39. The van der Waals surface area contributed by atoms with Gasteiger partial charge in [-0.2, -0.15) is 0 Å². The lowest BCUT2D eigenvalue weighted by molar-refractivity contribution is -0.921. The van der Waals surface area contributed by atoms with Crippen molar-refractivity contribution in [3.05, 3.63) is 23.3 Å². The molecule has 0 radical (unpaired) electrons. The van der Waals surface area contributed by atoms with Gasteiger partial charge in [0.1, 0.15) is 6.04 Å². The normalized spacial score (nSPS) is 21.8. The van der Waals surface area contributed by atoms with E-state index < -0.39 is 0 Å². The van der Waals surface area contributed by atoms with Crippen molar-refractivity contribution < 1.29 is 14.0 Å². The van der Waals surface area contributed by atoms with E-state index in [9.17, 15) is 0 Å². The lowest BCUT2D eigenvalue weighted by Gasteiger charge is -2.41. The molecule has 0 aliphatic carbocycles. The third-order valence-corrected chi connectivity index (χ3v) is 4.10. The first-order chi connectivity index (χ1) is 7.99. The van der Waals surface area contributed by atoms with Crippen molar-refractivity contribution in [2.75, 3.05) is 34.9 Å². The number of hydrogen-bond acceptors (Lipinski definition) is 2. The Morgan fingerprint density at radius 3 is 2.29 bits per heavy atom. The Morgan fingerprint density at radius 1 is 1.12 bits per heavy atom. The number of rotatable bonds is 2. The number of ether oxygens (including phenoxy) is 2. The summed E-state index contributed by atoms with van der Waals surface area (Å²) in [5, 5.41) is 0. The van der Waals surface area contributed by atoms with E-state index >= 15 is 0 Å². The second-order valence-electron chi connectivity index (χ2n) is 5.33. The van der Waals surface area contributed by atoms with Crippen molar-refractivity contribution in [3.63, 3.8) is 0 Å². The monoisotopic (exact) mass is 236 g/mol. The summed E-state index contributed by atoms with van der Waals surface area (Å²) in [7, 11) is 7.95. The molecule has 1 aromatic rings. The Kier molecular flexibility index (Phi) is 3.04. The van der Waals surface area contributed by atoms with Crippen LogP contribution in [0.3, 0.4) is 0 Å². The SMILES string of the molecule is COc1cc2c(cc1OC)C(C)[N+](C)(C)CC2. The number of likely N-dealkylation sites (N-methyl/N-ethyl adjacent to an activating group) is 1. The molecule has 0 N–H and O–H groups in total. The van der Waals surface area contributed by atoms with Crippen molar-refractivity contribution in [2.24, 2.45) is 0 Å². The van der Waals surface area contributed by atoms with Gasteiger partial charge >= 0.3 is 0 Å². The first-order valence-electron chi connectivity index (χ1n) is 6.07. The third-order valence-electron chi connectivity index (χ3n) is 4.10. The summed E-state index contributed by atoms with van der Waals surface area (Å²) in [5.41, 5.74) is 2.78. The number of benzene rings is 1. The number of hydrogen-bond donors (Lipinski definition) is 0. The average Bonchev–Trinajstić information content (AvgIpc) is 2.33. The number of quaternary nitrogens is 1. The van der Waals surface area contributed by atoms with Gasteiger partial charge in [0.2, 0.25) is 0 Å². The summed E-state index contributed by atoms with van der Waals surface area (Å²) in [4.78, 5) is 0. The Bertz CT molecular complexity index is 426. The second kappa shape index (κ2) is 4.22. The van der Waals surface area contributed by atoms with Crippen molar-refractivity contribution >= 4 is 0 Å². The topological polar surface area (TPSA) is 18.5 Å². The van der Waals surface area contributed by atoms with Crippen LogP contribution >= 0.6 is 0 Å². The predicted molar refractivity (Wildman–Crippen MR) is 68.6 cm³/mol. The molecule has 3 nitrogen and oxygen atoms in total. The molecule has 0 fully saturated rings. The van der Waals surface area contributed by atoms with Gasteiger partial charge in [0.25, 0.3) is 0 Å². The molecule has 2 rings (SSSR count). The fraction of sp³-hybridized carbons (Fsp3) is 0.571. The molecule has 3 heteroatoms. The van der Waals surface area contributed by atoms with Crippen molar-refractivity contribution in [3.8, 4) is 11.5 Å². The van der Waals surface area contributed by atoms with Crippen LogP contribution in [0.25, 0.3) is 0 Å². The van der Waals surface area contributed by atoms with E-state index in [0.717, 1.165) is 22.4 Å². The molecule has 1 atom stereocenters. The summed E-state index contributed by atoms with van der Waals surface area (Å²) >= 11 is 0. The molecule has 1 aromatic carbocycles. The van der Waals surface area contributed by atoms with E-state index in [1.54, 1.807) is 14.2 Å². The van der Waals surface area contributed by atoms with E-state index in [-0.39, 0.29) is 0 Å². The van der Waals surface area contributed by atoms with Gasteiger partial charge in [-0.3, -0.25) is 0 Å². The number of nitrogens with zero attached hydrogens (tertiary/aromatic N) is 1. The average molecular weight is 236 g/mol. The fourth-order valence-electron chi connectivity index (χ4n) is 2.52. The summed E-state index contributed by atoms with van der Waals surface area (Å²) in [6.45, 7) is 3.45. The van der Waals surface area contributed by atoms with Crippen LogP contribution < -0.4 is 9.47 Å². The quantitative estimate of drug-likeness (QED) is 0.734. The number of fused-ring (bicyclic) bond motifs is 1. The maximum atomic E-state index is 5.39. The van der Waals surface area contributed by atoms with E-state index in [2.05, 4.69) is 33.2 Å². The Morgan fingerprint density at radius 2 is 1.71 bits per heavy atom. The highest BCUT2D eigenvalue weighted by molar-refractivity contribution is 5.48. The Balaban J connectivity index is 2.51. The van der Waals surface area contributed by atoms with E-state index in [0.29, 0.717) is 6.04 Å². The van der Waals surface area contributed by atoms with Gasteiger partial charge in [0, 0.05) is 12.0 Å². The molecule has 0 amide bonds. The summed E-state index contributed by atoms with van der Waals surface area (Å²) < 4.78 is 11.8. The zero-order valence-corrected chi connectivity index (χ0v) is 11.4. The first-order valence-corrected chi connectivity index (χ1v) is 6.07. The van der Waals surface area contributed by atoms with Crippen LogP contribution in [0.2, 0.25) is 0 Å². The molecular weight excluding hydrogens is 214 g/mol. The van der Waals surface area contributed by atoms with Gasteiger partial charge in [-0.25, -0.2) is 0 Å². The smallest absolute Gasteiger partial charge is 0.161 e. The molecule has 94 valence electrons. The van der Waals surface area contributed by atoms with E-state index in [1.807, 2.05) is 0 Å². The highest BCUT2D eigenvalue weighted by Gasteiger charge is 2.33. The zero-order valence-electron chi connectivity index (χ0n) is 11.4. The second-order valence-corrected chi connectivity index (χ2v) is 5.33. The van der Waals surface area contributed by atoms with E-state index in [4.69, 9.17) is 9.47 Å². The van der Waals surface area contributed by atoms with Crippen molar-refractivity contribution in [2.45, 2.75) is 19.4 Å². The molecule has 17 heavy (non-hydrogen) atoms. The van der Waals surface area contributed by atoms with Gasteiger partial charge in [0.15, 0.2) is 11.5 Å². The lowest BCUT2D eigenvalue weighted by atomic mass is 9.91. The van der Waals surface area contributed by atoms with Gasteiger partial charge in [-0.1, -0.05) is 0 Å². The van der Waals surface area contributed by atoms with Crippen LogP contribution in [0.4, 0.5) is 0 Å². The van der Waals surface area contributed by atoms with E-state index in [1.165, 1.54) is 17.7 Å². The highest BCUT2D eigenvalue weighted by atomic mass is 16.5. The van der Waals surface area contributed by atoms with Gasteiger partial charge < -0.3 is 14.0 Å². The minimum absolute atomic E-state index is 0.499. The standard InChI is InChI=1S/C14H22NO2/c1-10-12-9-14(17-5)13(16-4)8-11(12)6-7-15(10,2)3/h8-10H,6-7H2,1-5H3/q+1. The third kappa shape index (κ3) is 2.00. The molecule has 1 aliphatic heterocycles. The first kappa shape index (κ1) is 12.2. The van der Waals surface area contributed by atoms with Crippen LogP contribution in [-0.4, -0.2) is 39.3 Å². The fourth-order valence-corrected chi connectivity index (χ4v) is 2.52. The molecule has 0 spiro atoms. The Hall–Kier alpha value is -1.22. The molecule has 1 unspecified atom stereocenters. The maximum Gasteiger partial charge on any atom is 0.161 e. The van der Waals surface area contributed by atoms with Crippen LogP contribution in [-0.2, 0) is 6.42 Å². The van der Waals surface area contributed by atoms with Crippen molar-refractivity contribution in [1.29, 1.82) is 0 Å². The molecule has 1 aliphatic rings. The Labute approximate surface area is 104 Å². The molecule has 0 saturated carbocycles. The van der Waals surface area contributed by atoms with Crippen LogP contribution in [0.15, 0.2) is 12.1 Å². The predicted octanol–water partition coefficient (Wildman–Crippen LogP) is 2.40. The molecule has 0 aromatic heterocycles. The summed E-state index contributed by atoms with van der Waals surface area (Å²) in [5.74, 6) is 1.67. The van der Waals surface area contributed by atoms with Crippen LogP contribution in [0.5, 0.6) is 11.5 Å².